The van der Waals surface area contributed by atoms with Gasteiger partial charge in [-0.2, -0.15) is 0 Å². The lowest BCUT2D eigenvalue weighted by Crippen LogP contribution is -2.32. The molecular weight excluding hydrogens is 314 g/mol. The van der Waals surface area contributed by atoms with Gasteiger partial charge >= 0.3 is 0 Å². The second-order valence-electron chi connectivity index (χ2n) is 6.38. The fourth-order valence-electron chi connectivity index (χ4n) is 3.22. The molecule has 1 N–H and O–H groups in total. The molecular formula is C16H23N3O3S. The first-order valence-corrected chi connectivity index (χ1v) is 10.1. The van der Waals surface area contributed by atoms with Crippen LogP contribution in [0.25, 0.3) is 0 Å². The summed E-state index contributed by atoms with van der Waals surface area (Å²) in [5.41, 5.74) is 1.19. The molecule has 1 amide bonds. The number of nitrogens with zero attached hydrogens (tertiary/aromatic N) is 2. The number of hydrogen-bond acceptors (Lipinski definition) is 5. The van der Waals surface area contributed by atoms with Crippen molar-refractivity contribution in [1.29, 1.82) is 0 Å². The van der Waals surface area contributed by atoms with E-state index >= 15 is 0 Å². The lowest BCUT2D eigenvalue weighted by molar-refractivity contribution is 0.0756. The minimum absolute atomic E-state index is 0.0328. The molecule has 23 heavy (non-hydrogen) atoms. The Labute approximate surface area is 137 Å². The number of amides is 1. The maximum atomic E-state index is 12.6. The van der Waals surface area contributed by atoms with Gasteiger partial charge in [-0.15, -0.1) is 0 Å². The number of rotatable bonds is 3. The van der Waals surface area contributed by atoms with Crippen LogP contribution in [0.5, 0.6) is 0 Å². The Kier molecular flexibility index (Phi) is 4.84. The van der Waals surface area contributed by atoms with Gasteiger partial charge in [0.1, 0.15) is 5.69 Å². The molecule has 3 rings (SSSR count). The molecule has 3 heterocycles. The average molecular weight is 337 g/mol. The maximum absolute atomic E-state index is 12.6. The van der Waals surface area contributed by atoms with E-state index in [0.717, 1.165) is 31.6 Å². The normalized spacial score (nSPS) is 24.2. The van der Waals surface area contributed by atoms with E-state index in [9.17, 15) is 13.2 Å². The van der Waals surface area contributed by atoms with E-state index < -0.39 is 9.84 Å². The third-order valence-electron chi connectivity index (χ3n) is 4.48. The third-order valence-corrected chi connectivity index (χ3v) is 6.24. The Bertz CT molecular complexity index is 667. The Hall–Kier alpha value is -1.63. The zero-order chi connectivity index (χ0) is 16.3. The number of pyridine rings is 1. The molecule has 1 aromatic rings. The number of nitrogens with one attached hydrogen (secondary N) is 1. The summed E-state index contributed by atoms with van der Waals surface area (Å²) in [5, 5.41) is 3.22. The van der Waals surface area contributed by atoms with E-state index in [1.54, 1.807) is 18.3 Å². The van der Waals surface area contributed by atoms with Crippen LogP contribution in [-0.4, -0.2) is 54.8 Å². The average Bonchev–Trinajstić information content (AvgIpc) is 2.74. The van der Waals surface area contributed by atoms with Crippen molar-refractivity contribution >= 4 is 21.4 Å². The minimum atomic E-state index is -2.92. The van der Waals surface area contributed by atoms with Gasteiger partial charge in [-0.1, -0.05) is 12.8 Å². The maximum Gasteiger partial charge on any atom is 0.272 e. The van der Waals surface area contributed by atoms with E-state index in [4.69, 9.17) is 0 Å². The van der Waals surface area contributed by atoms with Gasteiger partial charge in [0.25, 0.3) is 5.91 Å². The number of hydrogen-bond donors (Lipinski definition) is 1. The molecule has 0 aliphatic carbocycles. The molecule has 1 unspecified atom stereocenters. The van der Waals surface area contributed by atoms with Crippen LogP contribution in [0.15, 0.2) is 18.3 Å². The van der Waals surface area contributed by atoms with Gasteiger partial charge in [0.05, 0.1) is 11.5 Å². The molecule has 6 nitrogen and oxygen atoms in total. The van der Waals surface area contributed by atoms with Crippen molar-refractivity contribution in [2.45, 2.75) is 38.1 Å². The fraction of sp³-hybridized carbons (Fsp3) is 0.625. The monoisotopic (exact) mass is 337 g/mol. The van der Waals surface area contributed by atoms with Gasteiger partial charge in [0, 0.05) is 31.0 Å². The van der Waals surface area contributed by atoms with Crippen molar-refractivity contribution in [2.24, 2.45) is 0 Å². The summed E-state index contributed by atoms with van der Waals surface area (Å²) in [6.07, 6.45) is 6.66. The van der Waals surface area contributed by atoms with Crippen LogP contribution in [0.1, 0.15) is 42.6 Å². The lowest BCUT2D eigenvalue weighted by atomic mass is 10.2. The Morgan fingerprint density at radius 1 is 1.22 bits per heavy atom. The van der Waals surface area contributed by atoms with E-state index in [2.05, 4.69) is 10.3 Å². The van der Waals surface area contributed by atoms with Gasteiger partial charge < -0.3 is 10.2 Å². The van der Waals surface area contributed by atoms with Crippen LogP contribution in [-0.2, 0) is 9.84 Å². The Morgan fingerprint density at radius 3 is 2.61 bits per heavy atom. The lowest BCUT2D eigenvalue weighted by Gasteiger charge is -2.20. The number of aromatic nitrogens is 1. The molecule has 0 radical (unpaired) electrons. The van der Waals surface area contributed by atoms with Crippen molar-refractivity contribution in [1.82, 2.24) is 9.88 Å². The van der Waals surface area contributed by atoms with E-state index in [1.807, 2.05) is 4.90 Å². The Balaban J connectivity index is 1.68. The van der Waals surface area contributed by atoms with Gasteiger partial charge in [-0.3, -0.25) is 9.78 Å². The summed E-state index contributed by atoms with van der Waals surface area (Å²) < 4.78 is 23.1. The highest BCUT2D eigenvalue weighted by Gasteiger charge is 2.28. The smallest absolute Gasteiger partial charge is 0.272 e. The highest BCUT2D eigenvalue weighted by molar-refractivity contribution is 7.91. The molecule has 0 spiro atoms. The van der Waals surface area contributed by atoms with Crippen LogP contribution < -0.4 is 5.32 Å². The number of likely N-dealkylation sites (tertiary alicyclic amines) is 1. The predicted octanol–water partition coefficient (Wildman–Crippen LogP) is 1.70. The van der Waals surface area contributed by atoms with Crippen LogP contribution in [0, 0.1) is 0 Å². The van der Waals surface area contributed by atoms with Crippen LogP contribution in [0.2, 0.25) is 0 Å². The predicted molar refractivity (Wildman–Crippen MR) is 89.3 cm³/mol. The summed E-state index contributed by atoms with van der Waals surface area (Å²) in [6, 6.07) is 3.44. The summed E-state index contributed by atoms with van der Waals surface area (Å²) in [7, 11) is -2.92. The molecule has 0 saturated carbocycles. The molecule has 126 valence electrons. The van der Waals surface area contributed by atoms with Gasteiger partial charge in [-0.05, 0) is 31.4 Å². The van der Waals surface area contributed by atoms with Crippen LogP contribution >= 0.6 is 0 Å². The minimum Gasteiger partial charge on any atom is -0.381 e. The first-order chi connectivity index (χ1) is 11.0. The third kappa shape index (κ3) is 4.22. The van der Waals surface area contributed by atoms with E-state index in [-0.39, 0.29) is 23.5 Å². The van der Waals surface area contributed by atoms with Crippen molar-refractivity contribution in [3.63, 3.8) is 0 Å². The fourth-order valence-corrected chi connectivity index (χ4v) is 4.89. The summed E-state index contributed by atoms with van der Waals surface area (Å²) in [4.78, 5) is 18.7. The second kappa shape index (κ2) is 6.86. The van der Waals surface area contributed by atoms with E-state index in [0.29, 0.717) is 12.1 Å². The van der Waals surface area contributed by atoms with Crippen molar-refractivity contribution < 1.29 is 13.2 Å². The molecule has 2 aliphatic heterocycles. The van der Waals surface area contributed by atoms with Gasteiger partial charge in [-0.25, -0.2) is 8.42 Å². The second-order valence-corrected chi connectivity index (χ2v) is 8.61. The van der Waals surface area contributed by atoms with Gasteiger partial charge in [0.2, 0.25) is 0 Å². The van der Waals surface area contributed by atoms with Gasteiger partial charge in [0.15, 0.2) is 9.84 Å². The van der Waals surface area contributed by atoms with Crippen LogP contribution in [0.3, 0.4) is 0 Å². The standard InChI is InChI=1S/C16H23N3O3S/c20-16(19-8-3-1-2-4-9-19)15-11-13(5-7-17-15)18-14-6-10-23(21,22)12-14/h5,7,11,14H,1-4,6,8-10,12H2,(H,17,18). The van der Waals surface area contributed by atoms with E-state index in [1.165, 1.54) is 12.8 Å². The number of carbonyl (C=O) groups is 1. The molecule has 2 saturated heterocycles. The van der Waals surface area contributed by atoms with Crippen molar-refractivity contribution in [3.8, 4) is 0 Å². The number of sulfone groups is 1. The number of carbonyl (C=O) groups excluding carboxylic acids is 1. The summed E-state index contributed by atoms with van der Waals surface area (Å²) in [5.74, 6) is 0.356. The molecule has 0 bridgehead atoms. The molecule has 0 aromatic carbocycles. The van der Waals surface area contributed by atoms with Crippen molar-refractivity contribution in [3.05, 3.63) is 24.0 Å². The molecule has 1 aromatic heterocycles. The van der Waals surface area contributed by atoms with Crippen molar-refractivity contribution in [2.75, 3.05) is 29.9 Å². The molecule has 7 heteroatoms. The first-order valence-electron chi connectivity index (χ1n) is 8.26. The Morgan fingerprint density at radius 2 is 1.96 bits per heavy atom. The summed E-state index contributed by atoms with van der Waals surface area (Å²) >= 11 is 0. The zero-order valence-electron chi connectivity index (χ0n) is 13.2. The first kappa shape index (κ1) is 16.2. The zero-order valence-corrected chi connectivity index (χ0v) is 14.0. The SMILES string of the molecule is O=C(c1cc(NC2CCS(=O)(=O)C2)ccn1)N1CCCCCC1. The topological polar surface area (TPSA) is 79.4 Å². The summed E-state index contributed by atoms with van der Waals surface area (Å²) in [6.45, 7) is 1.58. The molecule has 2 fully saturated rings. The molecule has 2 aliphatic rings. The number of anilines is 1. The molecule has 1 atom stereocenters. The largest absolute Gasteiger partial charge is 0.381 e. The van der Waals surface area contributed by atoms with Crippen LogP contribution in [0.4, 0.5) is 5.69 Å². The quantitative estimate of drug-likeness (QED) is 0.908. The highest BCUT2D eigenvalue weighted by Crippen LogP contribution is 2.19. The highest BCUT2D eigenvalue weighted by atomic mass is 32.2.